The van der Waals surface area contributed by atoms with Gasteiger partial charge in [0.1, 0.15) is 5.75 Å². The Bertz CT molecular complexity index is 426. The molecule has 1 N–H and O–H groups in total. The maximum absolute atomic E-state index is 10.0. The molecule has 0 spiro atoms. The summed E-state index contributed by atoms with van der Waals surface area (Å²) < 4.78 is 11.3. The van der Waals surface area contributed by atoms with E-state index in [4.69, 9.17) is 9.47 Å². The van der Waals surface area contributed by atoms with Crippen molar-refractivity contribution in [1.82, 2.24) is 0 Å². The van der Waals surface area contributed by atoms with Gasteiger partial charge in [-0.2, -0.15) is 0 Å². The second kappa shape index (κ2) is 5.93. The lowest BCUT2D eigenvalue weighted by Crippen LogP contribution is -2.25. The highest BCUT2D eigenvalue weighted by Gasteiger charge is 2.21. The van der Waals surface area contributed by atoms with E-state index in [1.807, 2.05) is 18.2 Å². The lowest BCUT2D eigenvalue weighted by atomic mass is 9.89. The van der Waals surface area contributed by atoms with E-state index in [9.17, 15) is 5.11 Å². The van der Waals surface area contributed by atoms with Crippen LogP contribution in [-0.4, -0.2) is 24.4 Å². The first kappa shape index (κ1) is 14.4. The Labute approximate surface area is 115 Å². The number of rotatable bonds is 5. The van der Waals surface area contributed by atoms with Crippen molar-refractivity contribution in [2.45, 2.75) is 51.2 Å². The third-order valence-electron chi connectivity index (χ3n) is 3.95. The summed E-state index contributed by atoms with van der Waals surface area (Å²) in [5.74, 6) is 0.920. The summed E-state index contributed by atoms with van der Waals surface area (Å²) in [6.07, 6.45) is 3.39. The van der Waals surface area contributed by atoms with Gasteiger partial charge in [-0.3, -0.25) is 0 Å². The van der Waals surface area contributed by atoms with Crippen molar-refractivity contribution in [3.8, 4) is 5.75 Å². The summed E-state index contributed by atoms with van der Waals surface area (Å²) in [6, 6.07) is 5.96. The normalized spacial score (nSPS) is 19.1. The maximum Gasteiger partial charge on any atom is 0.122 e. The molecule has 0 radical (unpaired) electrons. The third kappa shape index (κ3) is 3.48. The van der Waals surface area contributed by atoms with E-state index in [2.05, 4.69) is 13.8 Å². The first-order valence-electron chi connectivity index (χ1n) is 7.01. The number of fused-ring (bicyclic) bond motifs is 1. The summed E-state index contributed by atoms with van der Waals surface area (Å²) >= 11 is 0. The standard InChI is InChI=1S/C16H24O3/c1-16(2,18-3)10-11-19-15-9-5-6-12-13(15)7-4-8-14(12)17/h5-6,9,14,17H,4,7-8,10-11H2,1-3H3. The molecule has 1 aromatic carbocycles. The molecule has 1 unspecified atom stereocenters. The number of benzene rings is 1. The van der Waals surface area contributed by atoms with Crippen molar-refractivity contribution in [2.24, 2.45) is 0 Å². The third-order valence-corrected chi connectivity index (χ3v) is 3.95. The zero-order chi connectivity index (χ0) is 13.9. The van der Waals surface area contributed by atoms with E-state index in [0.717, 1.165) is 37.0 Å². The van der Waals surface area contributed by atoms with Crippen LogP contribution in [0, 0.1) is 0 Å². The van der Waals surface area contributed by atoms with Crippen molar-refractivity contribution in [1.29, 1.82) is 0 Å². The predicted octanol–water partition coefficient (Wildman–Crippen LogP) is 3.25. The van der Waals surface area contributed by atoms with Gasteiger partial charge in [0, 0.05) is 13.5 Å². The second-order valence-electron chi connectivity index (χ2n) is 5.79. The fourth-order valence-corrected chi connectivity index (χ4v) is 2.43. The molecule has 0 saturated heterocycles. The molecule has 0 saturated carbocycles. The molecule has 0 aromatic heterocycles. The first-order valence-corrected chi connectivity index (χ1v) is 7.01. The van der Waals surface area contributed by atoms with Crippen LogP contribution in [0.15, 0.2) is 18.2 Å². The molecule has 0 bridgehead atoms. The lowest BCUT2D eigenvalue weighted by Gasteiger charge is -2.25. The van der Waals surface area contributed by atoms with Crippen LogP contribution in [0.25, 0.3) is 0 Å². The summed E-state index contributed by atoms with van der Waals surface area (Å²) in [6.45, 7) is 4.74. The summed E-state index contributed by atoms with van der Waals surface area (Å²) in [5.41, 5.74) is 2.06. The van der Waals surface area contributed by atoms with Crippen molar-refractivity contribution in [3.63, 3.8) is 0 Å². The smallest absolute Gasteiger partial charge is 0.122 e. The van der Waals surface area contributed by atoms with Gasteiger partial charge in [0.2, 0.25) is 0 Å². The van der Waals surface area contributed by atoms with Gasteiger partial charge in [0.15, 0.2) is 0 Å². The Kier molecular flexibility index (Phi) is 4.48. The zero-order valence-corrected chi connectivity index (χ0v) is 12.1. The summed E-state index contributed by atoms with van der Waals surface area (Å²) in [5, 5.41) is 10.0. The van der Waals surface area contributed by atoms with Crippen LogP contribution in [-0.2, 0) is 11.2 Å². The Morgan fingerprint density at radius 2 is 2.16 bits per heavy atom. The van der Waals surface area contributed by atoms with Gasteiger partial charge < -0.3 is 14.6 Å². The number of aliphatic hydroxyl groups excluding tert-OH is 1. The molecule has 1 atom stereocenters. The first-order chi connectivity index (χ1) is 9.03. The van der Waals surface area contributed by atoms with Crippen molar-refractivity contribution in [2.75, 3.05) is 13.7 Å². The van der Waals surface area contributed by atoms with E-state index in [1.165, 1.54) is 5.56 Å². The minimum absolute atomic E-state index is 0.158. The molecule has 0 fully saturated rings. The monoisotopic (exact) mass is 264 g/mol. The second-order valence-corrected chi connectivity index (χ2v) is 5.79. The number of aliphatic hydroxyl groups is 1. The van der Waals surface area contributed by atoms with Crippen LogP contribution in [0.4, 0.5) is 0 Å². The molecule has 3 heteroatoms. The molecule has 106 valence electrons. The van der Waals surface area contributed by atoms with E-state index in [0.29, 0.717) is 6.61 Å². The lowest BCUT2D eigenvalue weighted by molar-refractivity contribution is 0.00531. The predicted molar refractivity (Wildman–Crippen MR) is 75.5 cm³/mol. The van der Waals surface area contributed by atoms with E-state index in [1.54, 1.807) is 7.11 Å². The molecule has 0 amide bonds. The summed E-state index contributed by atoms with van der Waals surface area (Å²) in [7, 11) is 1.72. The molecule has 0 heterocycles. The molecule has 3 nitrogen and oxygen atoms in total. The molecule has 19 heavy (non-hydrogen) atoms. The van der Waals surface area contributed by atoms with Crippen LogP contribution in [0.5, 0.6) is 5.75 Å². The highest BCUT2D eigenvalue weighted by molar-refractivity contribution is 5.42. The molecule has 1 aliphatic carbocycles. The number of methoxy groups -OCH3 is 1. The highest BCUT2D eigenvalue weighted by Crippen LogP contribution is 2.35. The Morgan fingerprint density at radius 1 is 1.37 bits per heavy atom. The van der Waals surface area contributed by atoms with Gasteiger partial charge in [-0.15, -0.1) is 0 Å². The van der Waals surface area contributed by atoms with Crippen LogP contribution in [0.3, 0.4) is 0 Å². The highest BCUT2D eigenvalue weighted by atomic mass is 16.5. The molecule has 1 aliphatic rings. The minimum Gasteiger partial charge on any atom is -0.493 e. The van der Waals surface area contributed by atoms with E-state index < -0.39 is 0 Å². The maximum atomic E-state index is 10.0. The van der Waals surface area contributed by atoms with Crippen LogP contribution >= 0.6 is 0 Å². The summed E-state index contributed by atoms with van der Waals surface area (Å²) in [4.78, 5) is 0. The minimum atomic E-state index is -0.331. The number of hydrogen-bond donors (Lipinski definition) is 1. The largest absolute Gasteiger partial charge is 0.493 e. The van der Waals surface area contributed by atoms with Crippen molar-refractivity contribution >= 4 is 0 Å². The molecular weight excluding hydrogens is 240 g/mol. The number of ether oxygens (including phenoxy) is 2. The van der Waals surface area contributed by atoms with Crippen LogP contribution in [0.2, 0.25) is 0 Å². The van der Waals surface area contributed by atoms with Crippen molar-refractivity contribution in [3.05, 3.63) is 29.3 Å². The van der Waals surface area contributed by atoms with Gasteiger partial charge in [0.25, 0.3) is 0 Å². The number of hydrogen-bond acceptors (Lipinski definition) is 3. The average Bonchev–Trinajstić information content (AvgIpc) is 2.40. The Hall–Kier alpha value is -1.06. The molecule has 1 aromatic rings. The van der Waals surface area contributed by atoms with Crippen LogP contribution < -0.4 is 4.74 Å². The average molecular weight is 264 g/mol. The van der Waals surface area contributed by atoms with E-state index >= 15 is 0 Å². The fraction of sp³-hybridized carbons (Fsp3) is 0.625. The van der Waals surface area contributed by atoms with E-state index in [-0.39, 0.29) is 11.7 Å². The van der Waals surface area contributed by atoms with Gasteiger partial charge in [-0.25, -0.2) is 0 Å². The van der Waals surface area contributed by atoms with Crippen molar-refractivity contribution < 1.29 is 14.6 Å². The van der Waals surface area contributed by atoms with Crippen LogP contribution in [0.1, 0.15) is 50.3 Å². The van der Waals surface area contributed by atoms with Gasteiger partial charge in [-0.1, -0.05) is 12.1 Å². The quantitative estimate of drug-likeness (QED) is 0.887. The molecule has 0 aliphatic heterocycles. The van der Waals surface area contributed by atoms with Gasteiger partial charge in [0.05, 0.1) is 18.3 Å². The fourth-order valence-electron chi connectivity index (χ4n) is 2.43. The van der Waals surface area contributed by atoms with Gasteiger partial charge >= 0.3 is 0 Å². The molecule has 2 rings (SSSR count). The zero-order valence-electron chi connectivity index (χ0n) is 12.1. The topological polar surface area (TPSA) is 38.7 Å². The Morgan fingerprint density at radius 3 is 2.89 bits per heavy atom. The van der Waals surface area contributed by atoms with Gasteiger partial charge in [-0.05, 0) is 50.3 Å². The molecular formula is C16H24O3. The Balaban J connectivity index is 2.03. The SMILES string of the molecule is COC(C)(C)CCOc1cccc2c1CCCC2O.